The van der Waals surface area contributed by atoms with Crippen LogP contribution in [0.2, 0.25) is 0 Å². The van der Waals surface area contributed by atoms with E-state index in [1.165, 1.54) is 38.8 Å². The molecule has 0 atom stereocenters. The van der Waals surface area contributed by atoms with E-state index in [0.29, 0.717) is 0 Å². The zero-order chi connectivity index (χ0) is 21.1. The molecular formula is C30H20N2. The summed E-state index contributed by atoms with van der Waals surface area (Å²) in [5.41, 5.74) is 9.38. The van der Waals surface area contributed by atoms with E-state index in [1.54, 1.807) is 0 Å². The number of nitrogens with zero attached hydrogens (tertiary/aromatic N) is 2. The molecule has 3 heterocycles. The Labute approximate surface area is 186 Å². The molecule has 1 aliphatic heterocycles. The Balaban J connectivity index is 1.79. The maximum atomic E-state index is 4.79. The molecule has 4 aromatic carbocycles. The predicted octanol–water partition coefficient (Wildman–Crippen LogP) is 6.87. The first-order valence-electron chi connectivity index (χ1n) is 11.0. The van der Waals surface area contributed by atoms with Crippen LogP contribution in [0.1, 0.15) is 22.3 Å². The summed E-state index contributed by atoms with van der Waals surface area (Å²) in [4.78, 5) is 4.79. The van der Waals surface area contributed by atoms with Crippen LogP contribution in [0, 0.1) is 0 Å². The fourth-order valence-corrected chi connectivity index (χ4v) is 5.73. The van der Waals surface area contributed by atoms with E-state index in [1.807, 2.05) is 12.3 Å². The van der Waals surface area contributed by atoms with Gasteiger partial charge in [-0.15, -0.1) is 0 Å². The van der Waals surface area contributed by atoms with E-state index in [-0.39, 0.29) is 0 Å². The lowest BCUT2D eigenvalue weighted by atomic mass is 9.63. The van der Waals surface area contributed by atoms with Crippen molar-refractivity contribution >= 4 is 21.9 Å². The minimum Gasteiger partial charge on any atom is -0.307 e. The van der Waals surface area contributed by atoms with Gasteiger partial charge in [-0.2, -0.15) is 0 Å². The normalized spacial score (nSPS) is 13.9. The SMILES string of the molecule is c1ccc(C2(c3ccccc3)c3ccccc3-n3c4cccnc4c4cccc2c43)cc1. The Hall–Kier alpha value is -4.17. The number of benzene rings is 4. The third kappa shape index (κ3) is 2.06. The van der Waals surface area contributed by atoms with Gasteiger partial charge in [0.15, 0.2) is 0 Å². The molecule has 0 amide bonds. The van der Waals surface area contributed by atoms with Gasteiger partial charge in [-0.1, -0.05) is 97.1 Å². The summed E-state index contributed by atoms with van der Waals surface area (Å²) in [5, 5.41) is 1.20. The summed E-state index contributed by atoms with van der Waals surface area (Å²) < 4.78 is 2.41. The minimum absolute atomic E-state index is 0.414. The van der Waals surface area contributed by atoms with E-state index >= 15 is 0 Å². The Bertz CT molecular complexity index is 1570. The topological polar surface area (TPSA) is 17.8 Å². The first-order chi connectivity index (χ1) is 15.9. The van der Waals surface area contributed by atoms with Crippen LogP contribution in [0.4, 0.5) is 0 Å². The number of aromatic nitrogens is 2. The molecule has 0 saturated carbocycles. The van der Waals surface area contributed by atoms with Crippen molar-refractivity contribution in [1.29, 1.82) is 0 Å². The van der Waals surface area contributed by atoms with Crippen LogP contribution < -0.4 is 0 Å². The smallest absolute Gasteiger partial charge is 0.0963 e. The molecule has 6 aromatic rings. The number of hydrogen-bond acceptors (Lipinski definition) is 1. The van der Waals surface area contributed by atoms with Crippen molar-refractivity contribution < 1.29 is 0 Å². The van der Waals surface area contributed by atoms with Gasteiger partial charge < -0.3 is 4.57 Å². The van der Waals surface area contributed by atoms with Gasteiger partial charge in [-0.05, 0) is 40.5 Å². The van der Waals surface area contributed by atoms with Crippen LogP contribution in [-0.2, 0) is 5.41 Å². The van der Waals surface area contributed by atoms with Crippen molar-refractivity contribution in [3.8, 4) is 5.69 Å². The van der Waals surface area contributed by atoms with Crippen LogP contribution in [-0.4, -0.2) is 9.55 Å². The highest BCUT2D eigenvalue weighted by Crippen LogP contribution is 2.53. The zero-order valence-corrected chi connectivity index (χ0v) is 17.4. The van der Waals surface area contributed by atoms with Crippen LogP contribution in [0.3, 0.4) is 0 Å². The van der Waals surface area contributed by atoms with Gasteiger partial charge in [0.25, 0.3) is 0 Å². The third-order valence-electron chi connectivity index (χ3n) is 6.91. The van der Waals surface area contributed by atoms with E-state index in [0.717, 1.165) is 11.0 Å². The largest absolute Gasteiger partial charge is 0.307 e. The number of hydrogen-bond donors (Lipinski definition) is 0. The summed E-state index contributed by atoms with van der Waals surface area (Å²) in [7, 11) is 0. The molecule has 2 aromatic heterocycles. The lowest BCUT2D eigenvalue weighted by Gasteiger charge is -2.41. The first kappa shape index (κ1) is 17.5. The molecule has 0 bridgehead atoms. The molecule has 0 unspecified atom stereocenters. The molecule has 7 rings (SSSR count). The monoisotopic (exact) mass is 408 g/mol. The van der Waals surface area contributed by atoms with Crippen molar-refractivity contribution in [3.63, 3.8) is 0 Å². The molecule has 32 heavy (non-hydrogen) atoms. The van der Waals surface area contributed by atoms with Gasteiger partial charge >= 0.3 is 0 Å². The van der Waals surface area contributed by atoms with Gasteiger partial charge in [-0.3, -0.25) is 4.98 Å². The second-order valence-corrected chi connectivity index (χ2v) is 8.41. The highest BCUT2D eigenvalue weighted by Gasteiger charge is 2.44. The molecule has 0 fully saturated rings. The molecule has 2 nitrogen and oxygen atoms in total. The van der Waals surface area contributed by atoms with Crippen LogP contribution in [0.15, 0.2) is 121 Å². The van der Waals surface area contributed by atoms with E-state index in [9.17, 15) is 0 Å². The molecule has 0 saturated heterocycles. The Kier molecular flexibility index (Phi) is 3.51. The van der Waals surface area contributed by atoms with Crippen LogP contribution >= 0.6 is 0 Å². The molecule has 0 radical (unpaired) electrons. The van der Waals surface area contributed by atoms with E-state index in [2.05, 4.69) is 114 Å². The standard InChI is InChI=1S/C30H20N2/c1-3-11-21(12-4-1)30(22-13-5-2-6-14-22)24-16-7-8-18-26(24)32-27-19-10-20-31-28(27)23-15-9-17-25(30)29(23)32/h1-20H. The number of pyridine rings is 1. The zero-order valence-electron chi connectivity index (χ0n) is 17.4. The maximum absolute atomic E-state index is 4.79. The molecule has 0 spiro atoms. The summed E-state index contributed by atoms with van der Waals surface area (Å²) in [6, 6.07) is 41.6. The average Bonchev–Trinajstić information content (AvgIpc) is 3.22. The fraction of sp³-hybridized carbons (Fsp3) is 0.0333. The molecular weight excluding hydrogens is 388 g/mol. The number of para-hydroxylation sites is 2. The molecule has 0 aliphatic carbocycles. The highest BCUT2D eigenvalue weighted by molar-refractivity contribution is 6.10. The van der Waals surface area contributed by atoms with Gasteiger partial charge in [0.05, 0.1) is 27.7 Å². The average molecular weight is 409 g/mol. The number of fused-ring (bicyclic) bond motifs is 5. The van der Waals surface area contributed by atoms with Gasteiger partial charge in [-0.25, -0.2) is 0 Å². The molecule has 2 heteroatoms. The fourth-order valence-electron chi connectivity index (χ4n) is 5.73. The van der Waals surface area contributed by atoms with Crippen molar-refractivity contribution in [2.45, 2.75) is 5.41 Å². The summed E-state index contributed by atoms with van der Waals surface area (Å²) in [6.45, 7) is 0. The molecule has 1 aliphatic rings. The molecule has 150 valence electrons. The summed E-state index contributed by atoms with van der Waals surface area (Å²) in [6.07, 6.45) is 1.89. The van der Waals surface area contributed by atoms with Crippen LogP contribution in [0.25, 0.3) is 27.6 Å². The van der Waals surface area contributed by atoms with Crippen molar-refractivity contribution in [2.75, 3.05) is 0 Å². The van der Waals surface area contributed by atoms with Gasteiger partial charge in [0, 0.05) is 11.6 Å². The Morgan fingerprint density at radius 2 is 1.22 bits per heavy atom. The highest BCUT2D eigenvalue weighted by atomic mass is 15.0. The molecule has 0 N–H and O–H groups in total. The minimum atomic E-state index is -0.414. The summed E-state index contributed by atoms with van der Waals surface area (Å²) >= 11 is 0. The Morgan fingerprint density at radius 3 is 1.97 bits per heavy atom. The van der Waals surface area contributed by atoms with E-state index in [4.69, 9.17) is 4.98 Å². The lowest BCUT2D eigenvalue weighted by molar-refractivity contribution is 0.728. The van der Waals surface area contributed by atoms with Crippen LogP contribution in [0.5, 0.6) is 0 Å². The predicted molar refractivity (Wildman–Crippen MR) is 130 cm³/mol. The van der Waals surface area contributed by atoms with Gasteiger partial charge in [0.1, 0.15) is 0 Å². The maximum Gasteiger partial charge on any atom is 0.0963 e. The van der Waals surface area contributed by atoms with Gasteiger partial charge in [0.2, 0.25) is 0 Å². The Morgan fingerprint density at radius 1 is 0.562 bits per heavy atom. The second kappa shape index (κ2) is 6.41. The number of rotatable bonds is 2. The quantitative estimate of drug-likeness (QED) is 0.305. The first-order valence-corrected chi connectivity index (χ1v) is 11.0. The van der Waals surface area contributed by atoms with Crippen molar-refractivity contribution in [1.82, 2.24) is 9.55 Å². The summed E-state index contributed by atoms with van der Waals surface area (Å²) in [5.74, 6) is 0. The van der Waals surface area contributed by atoms with E-state index < -0.39 is 5.41 Å². The second-order valence-electron chi connectivity index (χ2n) is 8.41. The lowest BCUT2D eigenvalue weighted by Crippen LogP contribution is -2.35. The van der Waals surface area contributed by atoms with Crippen molar-refractivity contribution in [2.24, 2.45) is 0 Å². The van der Waals surface area contributed by atoms with Crippen molar-refractivity contribution in [3.05, 3.63) is 144 Å². The third-order valence-corrected chi connectivity index (χ3v) is 6.91.